The van der Waals surface area contributed by atoms with E-state index in [0.29, 0.717) is 5.82 Å². The van der Waals surface area contributed by atoms with Gasteiger partial charge in [-0.1, -0.05) is 19.9 Å². The molecule has 0 atom stereocenters. The summed E-state index contributed by atoms with van der Waals surface area (Å²) in [4.78, 5) is 16.8. The number of rotatable bonds is 4. The van der Waals surface area contributed by atoms with Crippen molar-refractivity contribution in [3.8, 4) is 17.0 Å². The van der Waals surface area contributed by atoms with Gasteiger partial charge >= 0.3 is 0 Å². The van der Waals surface area contributed by atoms with E-state index in [0.717, 1.165) is 22.7 Å². The number of aromatic nitrogens is 2. The van der Waals surface area contributed by atoms with Crippen molar-refractivity contribution in [1.82, 2.24) is 9.38 Å². The highest BCUT2D eigenvalue weighted by Gasteiger charge is 2.17. The largest absolute Gasteiger partial charge is 0.497 e. The molecule has 0 unspecified atom stereocenters. The number of carbonyl (C=O) groups is 1. The number of pyridine rings is 1. The second-order valence-electron chi connectivity index (χ2n) is 5.61. The van der Waals surface area contributed by atoms with E-state index in [2.05, 4.69) is 10.3 Å². The van der Waals surface area contributed by atoms with Gasteiger partial charge in [-0.05, 0) is 36.4 Å². The number of fused-ring (bicyclic) bond motifs is 1. The SMILES string of the molecule is COc1ccc(-c2nc3ccccn3c2NC(=O)C(C)C)cc1. The molecule has 0 bridgehead atoms. The first-order valence-corrected chi connectivity index (χ1v) is 7.52. The number of benzene rings is 1. The predicted octanol–water partition coefficient (Wildman–Crippen LogP) is 3.60. The van der Waals surface area contributed by atoms with E-state index in [-0.39, 0.29) is 11.8 Å². The molecule has 3 aromatic rings. The zero-order valence-corrected chi connectivity index (χ0v) is 13.4. The van der Waals surface area contributed by atoms with Crippen molar-refractivity contribution >= 4 is 17.4 Å². The van der Waals surface area contributed by atoms with Crippen molar-refractivity contribution in [3.05, 3.63) is 48.7 Å². The first kappa shape index (κ1) is 15.1. The number of methoxy groups -OCH3 is 1. The second-order valence-corrected chi connectivity index (χ2v) is 5.61. The highest BCUT2D eigenvalue weighted by atomic mass is 16.5. The Kier molecular flexibility index (Phi) is 4.02. The smallest absolute Gasteiger partial charge is 0.228 e. The fourth-order valence-electron chi connectivity index (χ4n) is 2.33. The van der Waals surface area contributed by atoms with E-state index in [1.54, 1.807) is 7.11 Å². The lowest BCUT2D eigenvalue weighted by Crippen LogP contribution is -2.19. The minimum absolute atomic E-state index is 0.0367. The average Bonchev–Trinajstić information content (AvgIpc) is 2.93. The van der Waals surface area contributed by atoms with Gasteiger partial charge in [-0.15, -0.1) is 0 Å². The van der Waals surface area contributed by atoms with Crippen molar-refractivity contribution in [3.63, 3.8) is 0 Å². The van der Waals surface area contributed by atoms with E-state index in [1.165, 1.54) is 0 Å². The van der Waals surface area contributed by atoms with Gasteiger partial charge in [-0.2, -0.15) is 0 Å². The van der Waals surface area contributed by atoms with Gasteiger partial charge < -0.3 is 10.1 Å². The molecule has 23 heavy (non-hydrogen) atoms. The van der Waals surface area contributed by atoms with Gasteiger partial charge in [0.2, 0.25) is 5.91 Å². The first-order valence-electron chi connectivity index (χ1n) is 7.52. The van der Waals surface area contributed by atoms with Crippen molar-refractivity contribution < 1.29 is 9.53 Å². The molecular weight excluding hydrogens is 290 g/mol. The summed E-state index contributed by atoms with van der Waals surface area (Å²) in [7, 11) is 1.63. The molecule has 1 aromatic carbocycles. The van der Waals surface area contributed by atoms with Crippen LogP contribution in [0, 0.1) is 5.92 Å². The number of carbonyl (C=O) groups excluding carboxylic acids is 1. The first-order chi connectivity index (χ1) is 11.1. The highest BCUT2D eigenvalue weighted by Crippen LogP contribution is 2.30. The topological polar surface area (TPSA) is 55.6 Å². The van der Waals surface area contributed by atoms with Gasteiger partial charge in [0.15, 0.2) is 0 Å². The normalized spacial score (nSPS) is 11.0. The average molecular weight is 309 g/mol. The number of nitrogens with zero attached hydrogens (tertiary/aromatic N) is 2. The lowest BCUT2D eigenvalue weighted by atomic mass is 10.1. The van der Waals surface area contributed by atoms with Crippen molar-refractivity contribution in [2.24, 2.45) is 5.92 Å². The standard InChI is InChI=1S/C18H19N3O2/c1-12(2)18(22)20-17-16(13-7-9-14(23-3)10-8-13)19-15-6-4-5-11-21(15)17/h4-12H,1-3H3,(H,20,22). The molecule has 0 saturated carbocycles. The summed E-state index contributed by atoms with van der Waals surface area (Å²) >= 11 is 0. The molecule has 118 valence electrons. The Morgan fingerprint density at radius 1 is 1.17 bits per heavy atom. The maximum atomic E-state index is 12.2. The number of hydrogen-bond donors (Lipinski definition) is 1. The van der Waals surface area contributed by atoms with Gasteiger partial charge in [0, 0.05) is 17.7 Å². The van der Waals surface area contributed by atoms with E-state index in [1.807, 2.05) is 66.9 Å². The van der Waals surface area contributed by atoms with Crippen LogP contribution in [0.1, 0.15) is 13.8 Å². The van der Waals surface area contributed by atoms with Crippen LogP contribution < -0.4 is 10.1 Å². The molecule has 3 rings (SSSR count). The van der Waals surface area contributed by atoms with Gasteiger partial charge in [0.1, 0.15) is 22.9 Å². The molecule has 0 saturated heterocycles. The van der Waals surface area contributed by atoms with Crippen LogP contribution in [-0.4, -0.2) is 22.4 Å². The van der Waals surface area contributed by atoms with Gasteiger partial charge in [-0.3, -0.25) is 9.20 Å². The van der Waals surface area contributed by atoms with Crippen LogP contribution >= 0.6 is 0 Å². The molecule has 0 spiro atoms. The fourth-order valence-corrected chi connectivity index (χ4v) is 2.33. The van der Waals surface area contributed by atoms with Crippen LogP contribution in [-0.2, 0) is 4.79 Å². The van der Waals surface area contributed by atoms with Gasteiger partial charge in [-0.25, -0.2) is 4.98 Å². The van der Waals surface area contributed by atoms with Crippen LogP contribution in [0.4, 0.5) is 5.82 Å². The molecule has 0 aliphatic carbocycles. The molecule has 0 fully saturated rings. The Morgan fingerprint density at radius 2 is 1.91 bits per heavy atom. The lowest BCUT2D eigenvalue weighted by Gasteiger charge is -2.10. The Labute approximate surface area is 134 Å². The van der Waals surface area contributed by atoms with Crippen molar-refractivity contribution in [2.75, 3.05) is 12.4 Å². The summed E-state index contributed by atoms with van der Waals surface area (Å²) in [5, 5.41) is 2.99. The maximum Gasteiger partial charge on any atom is 0.228 e. The number of nitrogens with one attached hydrogen (secondary N) is 1. The Hall–Kier alpha value is -2.82. The number of imidazole rings is 1. The maximum absolute atomic E-state index is 12.2. The van der Waals surface area contributed by atoms with Gasteiger partial charge in [0.05, 0.1) is 7.11 Å². The van der Waals surface area contributed by atoms with E-state index >= 15 is 0 Å². The Bertz CT molecular complexity index is 835. The minimum Gasteiger partial charge on any atom is -0.497 e. The molecular formula is C18H19N3O2. The Morgan fingerprint density at radius 3 is 2.57 bits per heavy atom. The summed E-state index contributed by atoms with van der Waals surface area (Å²) in [5.41, 5.74) is 2.46. The quantitative estimate of drug-likeness (QED) is 0.801. The third-order valence-corrected chi connectivity index (χ3v) is 3.66. The summed E-state index contributed by atoms with van der Waals surface area (Å²) in [6.45, 7) is 3.73. The van der Waals surface area contributed by atoms with Gasteiger partial charge in [0.25, 0.3) is 0 Å². The number of hydrogen-bond acceptors (Lipinski definition) is 3. The molecule has 0 radical (unpaired) electrons. The lowest BCUT2D eigenvalue weighted by molar-refractivity contribution is -0.118. The number of ether oxygens (including phenoxy) is 1. The molecule has 2 heterocycles. The zero-order valence-electron chi connectivity index (χ0n) is 13.4. The number of anilines is 1. The Balaban J connectivity index is 2.12. The van der Waals surface area contributed by atoms with Crippen LogP contribution in [0.5, 0.6) is 5.75 Å². The number of amides is 1. The molecule has 0 aliphatic rings. The molecule has 5 nitrogen and oxygen atoms in total. The fraction of sp³-hybridized carbons (Fsp3) is 0.222. The van der Waals surface area contributed by atoms with Crippen molar-refractivity contribution in [1.29, 1.82) is 0 Å². The monoisotopic (exact) mass is 309 g/mol. The van der Waals surface area contributed by atoms with Crippen LogP contribution in [0.3, 0.4) is 0 Å². The third kappa shape index (κ3) is 2.90. The predicted molar refractivity (Wildman–Crippen MR) is 90.6 cm³/mol. The van der Waals surface area contributed by atoms with E-state index in [9.17, 15) is 4.79 Å². The van der Waals surface area contributed by atoms with E-state index in [4.69, 9.17) is 4.74 Å². The summed E-state index contributed by atoms with van der Waals surface area (Å²) in [5.74, 6) is 1.33. The highest BCUT2D eigenvalue weighted by molar-refractivity contribution is 5.95. The molecule has 5 heteroatoms. The summed E-state index contributed by atoms with van der Waals surface area (Å²) < 4.78 is 7.08. The molecule has 1 amide bonds. The van der Waals surface area contributed by atoms with Crippen LogP contribution in [0.15, 0.2) is 48.7 Å². The zero-order chi connectivity index (χ0) is 16.4. The summed E-state index contributed by atoms with van der Waals surface area (Å²) in [6, 6.07) is 13.4. The van der Waals surface area contributed by atoms with Crippen LogP contribution in [0.2, 0.25) is 0 Å². The second kappa shape index (κ2) is 6.12. The molecule has 1 N–H and O–H groups in total. The minimum atomic E-state index is -0.104. The molecule has 2 aromatic heterocycles. The van der Waals surface area contributed by atoms with Crippen LogP contribution in [0.25, 0.3) is 16.9 Å². The van der Waals surface area contributed by atoms with Crippen molar-refractivity contribution in [2.45, 2.75) is 13.8 Å². The third-order valence-electron chi connectivity index (χ3n) is 3.66. The van der Waals surface area contributed by atoms with E-state index < -0.39 is 0 Å². The molecule has 0 aliphatic heterocycles. The summed E-state index contributed by atoms with van der Waals surface area (Å²) in [6.07, 6.45) is 1.89.